The van der Waals surface area contributed by atoms with E-state index in [1.54, 1.807) is 35.5 Å². The maximum absolute atomic E-state index is 12.5. The monoisotopic (exact) mass is 417 g/mol. The largest absolute Gasteiger partial charge is 0.367 e. The lowest BCUT2D eigenvalue weighted by Crippen LogP contribution is -2.34. The Morgan fingerprint density at radius 2 is 1.84 bits per heavy atom. The van der Waals surface area contributed by atoms with Crippen molar-refractivity contribution in [3.63, 3.8) is 0 Å². The minimum Gasteiger partial charge on any atom is -0.367 e. The van der Waals surface area contributed by atoms with Gasteiger partial charge in [-0.3, -0.25) is 9.78 Å². The van der Waals surface area contributed by atoms with E-state index in [-0.39, 0.29) is 11.6 Å². The minimum absolute atomic E-state index is 0.0397. The second-order valence-electron chi connectivity index (χ2n) is 8.52. The molecule has 0 spiro atoms. The van der Waals surface area contributed by atoms with E-state index in [1.807, 2.05) is 12.1 Å². The van der Waals surface area contributed by atoms with Crippen LogP contribution in [0.4, 0.5) is 5.82 Å². The molecule has 2 aliphatic rings. The average molecular weight is 418 g/mol. The van der Waals surface area contributed by atoms with Gasteiger partial charge >= 0.3 is 0 Å². The predicted octanol–water partition coefficient (Wildman–Crippen LogP) is 2.68. The molecule has 160 valence electrons. The van der Waals surface area contributed by atoms with Gasteiger partial charge in [-0.1, -0.05) is 0 Å². The van der Waals surface area contributed by atoms with Crippen LogP contribution in [0.5, 0.6) is 0 Å². The summed E-state index contributed by atoms with van der Waals surface area (Å²) < 4.78 is 1.67. The summed E-state index contributed by atoms with van der Waals surface area (Å²) >= 11 is 0. The zero-order chi connectivity index (χ0) is 21.2. The zero-order valence-electron chi connectivity index (χ0n) is 17.7. The highest BCUT2D eigenvalue weighted by Crippen LogP contribution is 2.31. The fraction of sp³-hybridized carbons (Fsp3) is 0.435. The quantitative estimate of drug-likeness (QED) is 0.698. The number of fused-ring (bicyclic) bond motifs is 1. The highest BCUT2D eigenvalue weighted by Gasteiger charge is 2.26. The summed E-state index contributed by atoms with van der Waals surface area (Å²) in [4.78, 5) is 27.9. The third-order valence-electron chi connectivity index (χ3n) is 6.38. The van der Waals surface area contributed by atoms with Gasteiger partial charge in [0, 0.05) is 55.1 Å². The molecule has 8 heteroatoms. The molecule has 3 aromatic heterocycles. The van der Waals surface area contributed by atoms with Crippen LogP contribution in [0.2, 0.25) is 0 Å². The zero-order valence-corrected chi connectivity index (χ0v) is 17.7. The van der Waals surface area contributed by atoms with E-state index in [9.17, 15) is 4.79 Å². The van der Waals surface area contributed by atoms with Crippen LogP contribution in [0.1, 0.15) is 43.0 Å². The summed E-state index contributed by atoms with van der Waals surface area (Å²) in [7, 11) is 2.13. The molecule has 0 unspecified atom stereocenters. The van der Waals surface area contributed by atoms with E-state index in [0.29, 0.717) is 6.04 Å². The predicted molar refractivity (Wildman–Crippen MR) is 119 cm³/mol. The molecule has 1 aliphatic heterocycles. The van der Waals surface area contributed by atoms with Crippen molar-refractivity contribution in [2.24, 2.45) is 0 Å². The molecule has 0 bridgehead atoms. The van der Waals surface area contributed by atoms with Crippen molar-refractivity contribution in [3.05, 3.63) is 64.6 Å². The van der Waals surface area contributed by atoms with Crippen LogP contribution in [-0.4, -0.2) is 49.3 Å². The van der Waals surface area contributed by atoms with Gasteiger partial charge in [-0.15, -0.1) is 0 Å². The first-order chi connectivity index (χ1) is 15.2. The Morgan fingerprint density at radius 1 is 1.03 bits per heavy atom. The standard InChI is InChI=1S/C23H27N7O/c1-29-13-10-21-19(14-29)23(26-15-25-21)27-17-2-4-18(5-3-17)30-22(31)7-6-20(28-30)16-8-11-24-12-9-16/h6-9,11-12,15,17-18H,2-5,10,13-14H2,1H3,(H,25,26,27). The van der Waals surface area contributed by atoms with Crippen LogP contribution in [0.15, 0.2) is 47.8 Å². The number of aromatic nitrogens is 5. The molecule has 3 aromatic rings. The molecular weight excluding hydrogens is 390 g/mol. The van der Waals surface area contributed by atoms with E-state index >= 15 is 0 Å². The lowest BCUT2D eigenvalue weighted by atomic mass is 9.91. The van der Waals surface area contributed by atoms with E-state index < -0.39 is 0 Å². The van der Waals surface area contributed by atoms with Crippen LogP contribution < -0.4 is 10.9 Å². The molecule has 31 heavy (non-hydrogen) atoms. The van der Waals surface area contributed by atoms with Crippen molar-refractivity contribution in [2.75, 3.05) is 18.9 Å². The lowest BCUT2D eigenvalue weighted by molar-refractivity contribution is 0.301. The van der Waals surface area contributed by atoms with E-state index in [1.165, 1.54) is 5.56 Å². The molecule has 1 saturated carbocycles. The first-order valence-electron chi connectivity index (χ1n) is 11.0. The number of nitrogens with zero attached hydrogens (tertiary/aromatic N) is 6. The van der Waals surface area contributed by atoms with Crippen molar-refractivity contribution in [3.8, 4) is 11.3 Å². The van der Waals surface area contributed by atoms with Crippen molar-refractivity contribution in [1.82, 2.24) is 29.6 Å². The molecule has 0 amide bonds. The first-order valence-corrected chi connectivity index (χ1v) is 11.0. The Hall–Kier alpha value is -3.13. The van der Waals surface area contributed by atoms with Gasteiger partial charge in [0.25, 0.3) is 5.56 Å². The van der Waals surface area contributed by atoms with E-state index in [4.69, 9.17) is 0 Å². The summed E-state index contributed by atoms with van der Waals surface area (Å²) in [5.74, 6) is 0.968. The molecule has 0 aromatic carbocycles. The Morgan fingerprint density at radius 3 is 2.65 bits per heavy atom. The highest BCUT2D eigenvalue weighted by molar-refractivity contribution is 5.57. The summed E-state index contributed by atoms with van der Waals surface area (Å²) in [6.45, 7) is 1.92. The molecule has 1 fully saturated rings. The Balaban J connectivity index is 1.28. The van der Waals surface area contributed by atoms with Gasteiger partial charge in [0.05, 0.1) is 17.4 Å². The molecule has 0 saturated heterocycles. The van der Waals surface area contributed by atoms with Crippen molar-refractivity contribution >= 4 is 5.82 Å². The topological polar surface area (TPSA) is 88.8 Å². The van der Waals surface area contributed by atoms with Gasteiger partial charge in [0.15, 0.2) is 0 Å². The van der Waals surface area contributed by atoms with Crippen LogP contribution in [-0.2, 0) is 13.0 Å². The molecule has 5 rings (SSSR count). The number of nitrogens with one attached hydrogen (secondary N) is 1. The maximum atomic E-state index is 12.5. The first kappa shape index (κ1) is 19.8. The summed E-state index contributed by atoms with van der Waals surface area (Å²) in [5, 5.41) is 8.33. The van der Waals surface area contributed by atoms with Crippen LogP contribution >= 0.6 is 0 Å². The highest BCUT2D eigenvalue weighted by atomic mass is 16.1. The van der Waals surface area contributed by atoms with Crippen molar-refractivity contribution in [2.45, 2.75) is 50.7 Å². The SMILES string of the molecule is CN1CCc2ncnc(NC3CCC(n4nc(-c5ccncc5)ccc4=O)CC3)c2C1. The summed E-state index contributed by atoms with van der Waals surface area (Å²) in [6.07, 6.45) is 9.92. The van der Waals surface area contributed by atoms with Crippen LogP contribution in [0.3, 0.4) is 0 Å². The number of anilines is 1. The smallest absolute Gasteiger partial charge is 0.267 e. The molecule has 8 nitrogen and oxygen atoms in total. The minimum atomic E-state index is -0.0397. The Bertz CT molecular complexity index is 1110. The van der Waals surface area contributed by atoms with Gasteiger partial charge in [-0.05, 0) is 50.9 Å². The number of pyridine rings is 1. The fourth-order valence-corrected chi connectivity index (χ4v) is 4.62. The number of likely N-dealkylation sites (N-methyl/N-ethyl adjacent to an activating group) is 1. The van der Waals surface area contributed by atoms with Crippen LogP contribution in [0, 0.1) is 0 Å². The van der Waals surface area contributed by atoms with Gasteiger partial charge in [-0.2, -0.15) is 5.10 Å². The molecule has 0 atom stereocenters. The van der Waals surface area contributed by atoms with Crippen molar-refractivity contribution < 1.29 is 0 Å². The second-order valence-corrected chi connectivity index (χ2v) is 8.52. The Kier molecular flexibility index (Phi) is 5.46. The van der Waals surface area contributed by atoms with E-state index in [2.05, 4.69) is 37.3 Å². The summed E-state index contributed by atoms with van der Waals surface area (Å²) in [6, 6.07) is 7.71. The average Bonchev–Trinajstić information content (AvgIpc) is 2.81. The molecule has 0 radical (unpaired) electrons. The second kappa shape index (κ2) is 8.55. The molecule has 1 aliphatic carbocycles. The fourth-order valence-electron chi connectivity index (χ4n) is 4.62. The summed E-state index contributed by atoms with van der Waals surface area (Å²) in [5.41, 5.74) is 4.12. The molecule has 4 heterocycles. The normalized spacial score (nSPS) is 21.5. The third kappa shape index (κ3) is 4.20. The van der Waals surface area contributed by atoms with Gasteiger partial charge in [0.1, 0.15) is 12.1 Å². The maximum Gasteiger partial charge on any atom is 0.267 e. The van der Waals surface area contributed by atoms with Crippen LogP contribution in [0.25, 0.3) is 11.3 Å². The lowest BCUT2D eigenvalue weighted by Gasteiger charge is -2.31. The van der Waals surface area contributed by atoms with E-state index in [0.717, 1.165) is 68.0 Å². The third-order valence-corrected chi connectivity index (χ3v) is 6.38. The molecular formula is C23H27N7O. The van der Waals surface area contributed by atoms with Gasteiger partial charge in [0.2, 0.25) is 0 Å². The van der Waals surface area contributed by atoms with Gasteiger partial charge < -0.3 is 10.2 Å². The number of hydrogen-bond acceptors (Lipinski definition) is 7. The number of rotatable bonds is 4. The number of hydrogen-bond donors (Lipinski definition) is 1. The van der Waals surface area contributed by atoms with Crippen molar-refractivity contribution in [1.29, 1.82) is 0 Å². The van der Waals surface area contributed by atoms with Gasteiger partial charge in [-0.25, -0.2) is 14.6 Å². The molecule has 1 N–H and O–H groups in total. The Labute approximate surface area is 181 Å².